The summed E-state index contributed by atoms with van der Waals surface area (Å²) in [5.74, 6) is 0.172. The number of hydrogen-bond donors (Lipinski definition) is 1. The number of rotatable bonds is 5. The largest absolute Gasteiger partial charge is 0.356 e. The van der Waals surface area contributed by atoms with Crippen LogP contribution in [-0.2, 0) is 10.3 Å². The van der Waals surface area contributed by atoms with E-state index in [9.17, 15) is 9.59 Å². The summed E-state index contributed by atoms with van der Waals surface area (Å²) in [6.45, 7) is 11.1. The van der Waals surface area contributed by atoms with Gasteiger partial charge in [-0.2, -0.15) is 0 Å². The lowest BCUT2D eigenvalue weighted by Gasteiger charge is -2.23. The third-order valence-corrected chi connectivity index (χ3v) is 3.09. The zero-order valence-electron chi connectivity index (χ0n) is 12.9. The van der Waals surface area contributed by atoms with E-state index in [1.807, 2.05) is 34.6 Å². The molecule has 0 saturated heterocycles. The molecular formula is C14H24N4O2. The molecule has 0 fully saturated rings. The maximum absolute atomic E-state index is 12.3. The van der Waals surface area contributed by atoms with Gasteiger partial charge in [0.2, 0.25) is 5.91 Å². The molecule has 0 bridgehead atoms. The van der Waals surface area contributed by atoms with Crippen LogP contribution in [0.5, 0.6) is 0 Å². The number of carbonyl (C=O) groups is 1. The Morgan fingerprint density at radius 2 is 1.95 bits per heavy atom. The third kappa shape index (κ3) is 3.82. The Balaban J connectivity index is 2.85. The van der Waals surface area contributed by atoms with Gasteiger partial charge in [-0.3, -0.25) is 9.59 Å². The average Bonchev–Trinajstić information content (AvgIpc) is 2.37. The molecule has 0 unspecified atom stereocenters. The maximum Gasteiger partial charge on any atom is 0.293 e. The van der Waals surface area contributed by atoms with Gasteiger partial charge in [0.25, 0.3) is 5.56 Å². The predicted molar refractivity (Wildman–Crippen MR) is 79.9 cm³/mol. The van der Waals surface area contributed by atoms with Gasteiger partial charge in [0.1, 0.15) is 0 Å². The first-order valence-electron chi connectivity index (χ1n) is 6.91. The number of likely N-dealkylation sites (N-methyl/N-ethyl adjacent to an activating group) is 1. The van der Waals surface area contributed by atoms with E-state index in [4.69, 9.17) is 0 Å². The van der Waals surface area contributed by atoms with Crippen molar-refractivity contribution in [2.24, 2.45) is 0 Å². The minimum absolute atomic E-state index is 0.0395. The molecule has 1 amide bonds. The summed E-state index contributed by atoms with van der Waals surface area (Å²) < 4.78 is 1.60. The fourth-order valence-corrected chi connectivity index (χ4v) is 1.91. The average molecular weight is 280 g/mol. The highest BCUT2D eigenvalue weighted by molar-refractivity contribution is 5.80. The van der Waals surface area contributed by atoms with Crippen LogP contribution in [0.25, 0.3) is 0 Å². The van der Waals surface area contributed by atoms with Crippen LogP contribution in [0, 0.1) is 0 Å². The molecule has 1 N–H and O–H groups in total. The number of amides is 1. The number of nitrogens with zero attached hydrogens (tertiary/aromatic N) is 3. The van der Waals surface area contributed by atoms with Crippen molar-refractivity contribution in [1.29, 1.82) is 0 Å². The van der Waals surface area contributed by atoms with E-state index < -0.39 is 0 Å². The summed E-state index contributed by atoms with van der Waals surface area (Å²) in [6.07, 6.45) is 3.22. The summed E-state index contributed by atoms with van der Waals surface area (Å²) in [5.41, 5.74) is -0.536. The minimum Gasteiger partial charge on any atom is -0.356 e. The van der Waals surface area contributed by atoms with Gasteiger partial charge < -0.3 is 14.8 Å². The van der Waals surface area contributed by atoms with Crippen LogP contribution in [0.1, 0.15) is 34.6 Å². The molecule has 112 valence electrons. The normalized spacial score (nSPS) is 11.2. The first-order valence-corrected chi connectivity index (χ1v) is 6.91. The first kappa shape index (κ1) is 16.2. The predicted octanol–water partition coefficient (Wildman–Crippen LogP) is 1.28. The summed E-state index contributed by atoms with van der Waals surface area (Å²) in [4.78, 5) is 29.9. The van der Waals surface area contributed by atoms with E-state index in [-0.39, 0.29) is 29.4 Å². The van der Waals surface area contributed by atoms with Gasteiger partial charge >= 0.3 is 0 Å². The molecular weight excluding hydrogens is 256 g/mol. The van der Waals surface area contributed by atoms with Crippen molar-refractivity contribution in [2.45, 2.75) is 40.2 Å². The molecule has 1 aromatic heterocycles. The smallest absolute Gasteiger partial charge is 0.293 e. The maximum atomic E-state index is 12.3. The Morgan fingerprint density at radius 1 is 1.35 bits per heavy atom. The van der Waals surface area contributed by atoms with Gasteiger partial charge in [0.15, 0.2) is 5.82 Å². The van der Waals surface area contributed by atoms with Crippen molar-refractivity contribution in [3.63, 3.8) is 0 Å². The molecule has 0 saturated carbocycles. The van der Waals surface area contributed by atoms with Gasteiger partial charge in [-0.15, -0.1) is 0 Å². The number of carbonyl (C=O) groups excluding carboxylic acids is 1. The second kappa shape index (κ2) is 6.54. The monoisotopic (exact) mass is 280 g/mol. The summed E-state index contributed by atoms with van der Waals surface area (Å²) in [5, 5.41) is 2.84. The van der Waals surface area contributed by atoms with Gasteiger partial charge in [0.05, 0.1) is 6.54 Å². The molecule has 0 spiro atoms. The lowest BCUT2D eigenvalue weighted by Crippen LogP contribution is -2.38. The van der Waals surface area contributed by atoms with E-state index in [1.54, 1.807) is 21.9 Å². The zero-order valence-corrected chi connectivity index (χ0v) is 12.9. The van der Waals surface area contributed by atoms with Crippen molar-refractivity contribution < 1.29 is 4.79 Å². The Morgan fingerprint density at radius 3 is 2.45 bits per heavy atom. The third-order valence-electron chi connectivity index (χ3n) is 3.09. The topological polar surface area (TPSA) is 67.2 Å². The van der Waals surface area contributed by atoms with Crippen LogP contribution < -0.4 is 10.9 Å². The lowest BCUT2D eigenvalue weighted by atomic mass is 10.1. The van der Waals surface area contributed by atoms with Crippen LogP contribution in [0.2, 0.25) is 0 Å². The van der Waals surface area contributed by atoms with E-state index in [0.717, 1.165) is 0 Å². The molecule has 0 aromatic carbocycles. The summed E-state index contributed by atoms with van der Waals surface area (Å²) >= 11 is 0. The van der Waals surface area contributed by atoms with Gasteiger partial charge in [-0.25, -0.2) is 4.98 Å². The van der Waals surface area contributed by atoms with Crippen LogP contribution in [0.15, 0.2) is 17.2 Å². The molecule has 0 radical (unpaired) electrons. The van der Waals surface area contributed by atoms with Crippen molar-refractivity contribution in [3.8, 4) is 0 Å². The van der Waals surface area contributed by atoms with E-state index in [1.165, 1.54) is 0 Å². The molecule has 6 nitrogen and oxygen atoms in total. The fourth-order valence-electron chi connectivity index (χ4n) is 1.91. The van der Waals surface area contributed by atoms with Crippen LogP contribution in [-0.4, -0.2) is 40.0 Å². The van der Waals surface area contributed by atoms with Crippen LogP contribution in [0.4, 0.5) is 5.82 Å². The van der Waals surface area contributed by atoms with Gasteiger partial charge in [-0.1, -0.05) is 0 Å². The molecule has 0 atom stereocenters. The SMILES string of the molecule is CCN(CC)C(=O)CNc1nccn(C(C)(C)C)c1=O. The molecule has 20 heavy (non-hydrogen) atoms. The Hall–Kier alpha value is -1.85. The highest BCUT2D eigenvalue weighted by Gasteiger charge is 2.17. The standard InChI is InChI=1S/C14H24N4O2/c1-6-17(7-2)11(19)10-16-12-13(20)18(9-8-15-12)14(3,4)5/h8-9H,6-7,10H2,1-5H3,(H,15,16). The van der Waals surface area contributed by atoms with Crippen molar-refractivity contribution in [3.05, 3.63) is 22.7 Å². The zero-order chi connectivity index (χ0) is 15.3. The van der Waals surface area contributed by atoms with Crippen molar-refractivity contribution in [2.75, 3.05) is 25.0 Å². The summed E-state index contributed by atoms with van der Waals surface area (Å²) in [6, 6.07) is 0. The van der Waals surface area contributed by atoms with E-state index in [0.29, 0.717) is 13.1 Å². The molecule has 6 heteroatoms. The quantitative estimate of drug-likeness (QED) is 0.882. The highest BCUT2D eigenvalue weighted by atomic mass is 16.2. The molecule has 0 aliphatic rings. The first-order chi connectivity index (χ1) is 9.31. The van der Waals surface area contributed by atoms with Gasteiger partial charge in [-0.05, 0) is 34.6 Å². The Labute approximate surface area is 119 Å². The molecule has 0 aliphatic heterocycles. The van der Waals surface area contributed by atoms with Crippen LogP contribution >= 0.6 is 0 Å². The number of hydrogen-bond acceptors (Lipinski definition) is 4. The minimum atomic E-state index is -0.320. The van der Waals surface area contributed by atoms with E-state index in [2.05, 4.69) is 10.3 Å². The van der Waals surface area contributed by atoms with E-state index >= 15 is 0 Å². The number of aromatic nitrogens is 2. The summed E-state index contributed by atoms with van der Waals surface area (Å²) in [7, 11) is 0. The number of nitrogens with one attached hydrogen (secondary N) is 1. The second-order valence-corrected chi connectivity index (χ2v) is 5.54. The highest BCUT2D eigenvalue weighted by Crippen LogP contribution is 2.10. The van der Waals surface area contributed by atoms with Gasteiger partial charge in [0, 0.05) is 31.0 Å². The number of anilines is 1. The Kier molecular flexibility index (Phi) is 5.30. The molecule has 1 rings (SSSR count). The second-order valence-electron chi connectivity index (χ2n) is 5.54. The van der Waals surface area contributed by atoms with Crippen molar-refractivity contribution in [1.82, 2.24) is 14.5 Å². The molecule has 0 aliphatic carbocycles. The molecule has 1 aromatic rings. The fraction of sp³-hybridized carbons (Fsp3) is 0.643. The van der Waals surface area contributed by atoms with Crippen LogP contribution in [0.3, 0.4) is 0 Å². The van der Waals surface area contributed by atoms with Crippen molar-refractivity contribution >= 4 is 11.7 Å². The Bertz CT molecular complexity index is 513. The lowest BCUT2D eigenvalue weighted by molar-refractivity contribution is -0.128. The molecule has 1 heterocycles.